The topological polar surface area (TPSA) is 9.23 Å². The van der Waals surface area contributed by atoms with Crippen LogP contribution >= 0.6 is 0 Å². The van der Waals surface area contributed by atoms with Gasteiger partial charge in [-0.1, -0.05) is 27.7 Å². The first-order valence-corrected chi connectivity index (χ1v) is 6.61. The van der Waals surface area contributed by atoms with Gasteiger partial charge in [0.25, 0.3) is 0 Å². The number of ether oxygens (including phenoxy) is 1. The van der Waals surface area contributed by atoms with Crippen molar-refractivity contribution >= 4 is 0 Å². The lowest BCUT2D eigenvalue weighted by atomic mass is 9.70. The third kappa shape index (κ3) is 4.55. The van der Waals surface area contributed by atoms with Gasteiger partial charge in [0, 0.05) is 13.2 Å². The highest BCUT2D eigenvalue weighted by Gasteiger charge is 2.29. The molecule has 0 bridgehead atoms. The standard InChI is InChI=1S/C14H28O/c1-5-10-15-11-12-6-8-13(9-7-12)14(2,3)4/h12-13H,5-11H2,1-4H3. The molecular formula is C14H28O. The molecule has 0 radical (unpaired) electrons. The minimum absolute atomic E-state index is 0.509. The van der Waals surface area contributed by atoms with Crippen molar-refractivity contribution < 1.29 is 4.74 Å². The van der Waals surface area contributed by atoms with E-state index < -0.39 is 0 Å². The van der Waals surface area contributed by atoms with Crippen LogP contribution < -0.4 is 0 Å². The Hall–Kier alpha value is -0.0400. The second-order valence-corrected chi connectivity index (χ2v) is 6.16. The molecule has 0 aromatic rings. The monoisotopic (exact) mass is 212 g/mol. The maximum atomic E-state index is 5.64. The Morgan fingerprint density at radius 2 is 1.67 bits per heavy atom. The van der Waals surface area contributed by atoms with Gasteiger partial charge in [0.15, 0.2) is 0 Å². The highest BCUT2D eigenvalue weighted by molar-refractivity contribution is 4.80. The molecule has 90 valence electrons. The first-order chi connectivity index (χ1) is 7.04. The summed E-state index contributed by atoms with van der Waals surface area (Å²) in [6.45, 7) is 11.3. The van der Waals surface area contributed by atoms with Crippen molar-refractivity contribution in [1.29, 1.82) is 0 Å². The summed E-state index contributed by atoms with van der Waals surface area (Å²) in [4.78, 5) is 0. The van der Waals surface area contributed by atoms with Crippen LogP contribution in [0.25, 0.3) is 0 Å². The van der Waals surface area contributed by atoms with Gasteiger partial charge in [-0.05, 0) is 49.4 Å². The second-order valence-electron chi connectivity index (χ2n) is 6.16. The molecule has 1 nitrogen and oxygen atoms in total. The van der Waals surface area contributed by atoms with Crippen LogP contribution in [0.5, 0.6) is 0 Å². The first kappa shape index (κ1) is 13.0. The minimum Gasteiger partial charge on any atom is -0.381 e. The maximum Gasteiger partial charge on any atom is 0.0494 e. The molecule has 0 aromatic carbocycles. The molecule has 0 saturated heterocycles. The highest BCUT2D eigenvalue weighted by atomic mass is 16.5. The molecule has 0 amide bonds. The normalized spacial score (nSPS) is 28.0. The zero-order valence-corrected chi connectivity index (χ0v) is 11.0. The van der Waals surface area contributed by atoms with Crippen molar-refractivity contribution in [2.24, 2.45) is 17.3 Å². The van der Waals surface area contributed by atoms with E-state index in [2.05, 4.69) is 27.7 Å². The van der Waals surface area contributed by atoms with E-state index in [1.165, 1.54) is 25.7 Å². The van der Waals surface area contributed by atoms with Crippen LogP contribution in [0.3, 0.4) is 0 Å². The summed E-state index contributed by atoms with van der Waals surface area (Å²) < 4.78 is 5.64. The van der Waals surface area contributed by atoms with Crippen LogP contribution in [0.4, 0.5) is 0 Å². The van der Waals surface area contributed by atoms with Crippen LogP contribution in [0.1, 0.15) is 59.8 Å². The number of rotatable bonds is 4. The predicted octanol–water partition coefficient (Wildman–Crippen LogP) is 4.27. The van der Waals surface area contributed by atoms with Crippen molar-refractivity contribution in [3.63, 3.8) is 0 Å². The van der Waals surface area contributed by atoms with Gasteiger partial charge in [-0.15, -0.1) is 0 Å². The molecular weight excluding hydrogens is 184 g/mol. The van der Waals surface area contributed by atoms with Gasteiger partial charge in [-0.2, -0.15) is 0 Å². The van der Waals surface area contributed by atoms with Crippen LogP contribution in [0.15, 0.2) is 0 Å². The van der Waals surface area contributed by atoms with Crippen LogP contribution in [-0.4, -0.2) is 13.2 Å². The Labute approximate surface area is 95.6 Å². The quantitative estimate of drug-likeness (QED) is 0.632. The molecule has 0 N–H and O–H groups in total. The molecule has 1 aliphatic rings. The molecule has 1 fully saturated rings. The van der Waals surface area contributed by atoms with Crippen LogP contribution in [0.2, 0.25) is 0 Å². The number of hydrogen-bond acceptors (Lipinski definition) is 1. The van der Waals surface area contributed by atoms with E-state index in [4.69, 9.17) is 4.74 Å². The molecule has 0 spiro atoms. The largest absolute Gasteiger partial charge is 0.381 e. The summed E-state index contributed by atoms with van der Waals surface area (Å²) in [5.41, 5.74) is 0.509. The van der Waals surface area contributed by atoms with E-state index >= 15 is 0 Å². The van der Waals surface area contributed by atoms with E-state index in [0.717, 1.165) is 31.5 Å². The van der Waals surface area contributed by atoms with Crippen molar-refractivity contribution in [2.45, 2.75) is 59.8 Å². The van der Waals surface area contributed by atoms with Gasteiger partial charge in [0.2, 0.25) is 0 Å². The zero-order chi connectivity index (χ0) is 11.3. The van der Waals surface area contributed by atoms with Gasteiger partial charge in [-0.3, -0.25) is 0 Å². The van der Waals surface area contributed by atoms with Crippen molar-refractivity contribution in [3.05, 3.63) is 0 Å². The fourth-order valence-electron chi connectivity index (χ4n) is 2.59. The van der Waals surface area contributed by atoms with Gasteiger partial charge < -0.3 is 4.74 Å². The molecule has 0 aliphatic heterocycles. The summed E-state index contributed by atoms with van der Waals surface area (Å²) in [5.74, 6) is 1.77. The summed E-state index contributed by atoms with van der Waals surface area (Å²) in [7, 11) is 0. The van der Waals surface area contributed by atoms with Gasteiger partial charge in [0.05, 0.1) is 0 Å². The molecule has 1 rings (SSSR count). The fourth-order valence-corrected chi connectivity index (χ4v) is 2.59. The molecule has 0 aromatic heterocycles. The molecule has 0 atom stereocenters. The predicted molar refractivity (Wildman–Crippen MR) is 66.0 cm³/mol. The third-order valence-corrected chi connectivity index (χ3v) is 3.77. The Bertz CT molecular complexity index is 161. The van der Waals surface area contributed by atoms with Gasteiger partial charge >= 0.3 is 0 Å². The highest BCUT2D eigenvalue weighted by Crippen LogP contribution is 2.39. The Kier molecular flexibility index (Phi) is 5.11. The van der Waals surface area contributed by atoms with Gasteiger partial charge in [0.1, 0.15) is 0 Å². The Balaban J connectivity index is 2.18. The van der Waals surface area contributed by atoms with Crippen LogP contribution in [0, 0.1) is 17.3 Å². The summed E-state index contributed by atoms with van der Waals surface area (Å²) in [5, 5.41) is 0. The Morgan fingerprint density at radius 1 is 1.07 bits per heavy atom. The molecule has 1 aliphatic carbocycles. The van der Waals surface area contributed by atoms with Crippen molar-refractivity contribution in [1.82, 2.24) is 0 Å². The summed E-state index contributed by atoms with van der Waals surface area (Å²) >= 11 is 0. The first-order valence-electron chi connectivity index (χ1n) is 6.61. The second kappa shape index (κ2) is 5.89. The van der Waals surface area contributed by atoms with E-state index in [9.17, 15) is 0 Å². The van der Waals surface area contributed by atoms with E-state index in [0.29, 0.717) is 5.41 Å². The molecule has 15 heavy (non-hydrogen) atoms. The maximum absolute atomic E-state index is 5.64. The van der Waals surface area contributed by atoms with E-state index in [1.54, 1.807) is 0 Å². The minimum atomic E-state index is 0.509. The van der Waals surface area contributed by atoms with Crippen molar-refractivity contribution in [3.8, 4) is 0 Å². The average Bonchev–Trinajstić information content (AvgIpc) is 2.18. The smallest absolute Gasteiger partial charge is 0.0494 e. The molecule has 0 heterocycles. The SMILES string of the molecule is CCCOCC1CCC(C(C)(C)C)CC1. The summed E-state index contributed by atoms with van der Waals surface area (Å²) in [6, 6.07) is 0. The zero-order valence-electron chi connectivity index (χ0n) is 11.0. The third-order valence-electron chi connectivity index (χ3n) is 3.77. The Morgan fingerprint density at radius 3 is 2.13 bits per heavy atom. The lowest BCUT2D eigenvalue weighted by Crippen LogP contribution is -2.27. The lowest BCUT2D eigenvalue weighted by Gasteiger charge is -2.36. The molecule has 1 saturated carbocycles. The molecule has 0 unspecified atom stereocenters. The van der Waals surface area contributed by atoms with Crippen molar-refractivity contribution in [2.75, 3.05) is 13.2 Å². The summed E-state index contributed by atoms with van der Waals surface area (Å²) in [6.07, 6.45) is 6.72. The van der Waals surface area contributed by atoms with Gasteiger partial charge in [-0.25, -0.2) is 0 Å². The average molecular weight is 212 g/mol. The number of hydrogen-bond donors (Lipinski definition) is 0. The van der Waals surface area contributed by atoms with E-state index in [-0.39, 0.29) is 0 Å². The fraction of sp³-hybridized carbons (Fsp3) is 1.00. The molecule has 1 heteroatoms. The van der Waals surface area contributed by atoms with Crippen LogP contribution in [-0.2, 0) is 4.74 Å². The lowest BCUT2D eigenvalue weighted by molar-refractivity contribution is 0.0623. The van der Waals surface area contributed by atoms with E-state index in [1.807, 2.05) is 0 Å².